The van der Waals surface area contributed by atoms with Crippen molar-refractivity contribution < 1.29 is 4.74 Å². The lowest BCUT2D eigenvalue weighted by atomic mass is 10.0. The SMILES string of the molecule is CNC(CSc1n[nH]c(C)n1)C1CCOC1. The normalized spacial score (nSPS) is 22.5. The molecule has 0 aliphatic carbocycles. The Morgan fingerprint density at radius 3 is 3.12 bits per heavy atom. The summed E-state index contributed by atoms with van der Waals surface area (Å²) in [6.45, 7) is 3.68. The summed E-state index contributed by atoms with van der Waals surface area (Å²) in [5, 5.41) is 11.2. The number of hydrogen-bond donors (Lipinski definition) is 2. The zero-order valence-electron chi connectivity index (χ0n) is 9.69. The van der Waals surface area contributed by atoms with Gasteiger partial charge in [0.1, 0.15) is 5.82 Å². The van der Waals surface area contributed by atoms with Crippen LogP contribution in [0.4, 0.5) is 0 Å². The number of aromatic nitrogens is 3. The van der Waals surface area contributed by atoms with E-state index in [1.165, 1.54) is 0 Å². The fourth-order valence-electron chi connectivity index (χ4n) is 1.88. The van der Waals surface area contributed by atoms with Crippen molar-refractivity contribution in [1.29, 1.82) is 0 Å². The fourth-order valence-corrected chi connectivity index (χ4v) is 2.96. The first-order valence-corrected chi connectivity index (χ1v) is 6.55. The minimum absolute atomic E-state index is 0.478. The predicted octanol–water partition coefficient (Wildman–Crippen LogP) is 0.830. The van der Waals surface area contributed by atoms with Crippen molar-refractivity contribution in [2.75, 3.05) is 26.0 Å². The first kappa shape index (κ1) is 11.9. The average Bonchev–Trinajstić information content (AvgIpc) is 2.91. The topological polar surface area (TPSA) is 62.8 Å². The van der Waals surface area contributed by atoms with Gasteiger partial charge in [-0.2, -0.15) is 0 Å². The monoisotopic (exact) mass is 242 g/mol. The quantitative estimate of drug-likeness (QED) is 0.749. The van der Waals surface area contributed by atoms with Gasteiger partial charge in [0.2, 0.25) is 5.16 Å². The number of aromatic amines is 1. The van der Waals surface area contributed by atoms with E-state index in [1.807, 2.05) is 14.0 Å². The zero-order chi connectivity index (χ0) is 11.4. The molecular formula is C10H18N4OS. The Labute approximate surface area is 99.7 Å². The number of hydrogen-bond acceptors (Lipinski definition) is 5. The molecule has 0 saturated carbocycles. The van der Waals surface area contributed by atoms with E-state index < -0.39 is 0 Å². The highest BCUT2D eigenvalue weighted by atomic mass is 32.2. The van der Waals surface area contributed by atoms with Crippen LogP contribution in [-0.2, 0) is 4.74 Å². The molecule has 2 unspecified atom stereocenters. The largest absolute Gasteiger partial charge is 0.381 e. The molecule has 6 heteroatoms. The number of nitrogens with zero attached hydrogens (tertiary/aromatic N) is 2. The van der Waals surface area contributed by atoms with E-state index in [-0.39, 0.29) is 0 Å². The fraction of sp³-hybridized carbons (Fsp3) is 0.800. The maximum atomic E-state index is 5.41. The van der Waals surface area contributed by atoms with Crippen LogP contribution in [0.25, 0.3) is 0 Å². The van der Waals surface area contributed by atoms with E-state index in [4.69, 9.17) is 4.74 Å². The summed E-state index contributed by atoms with van der Waals surface area (Å²) in [6, 6.07) is 0.478. The molecule has 90 valence electrons. The second kappa shape index (κ2) is 5.65. The third kappa shape index (κ3) is 2.96. The van der Waals surface area contributed by atoms with E-state index in [0.29, 0.717) is 12.0 Å². The van der Waals surface area contributed by atoms with Gasteiger partial charge in [0.25, 0.3) is 0 Å². The Morgan fingerprint density at radius 1 is 1.69 bits per heavy atom. The Balaban J connectivity index is 1.82. The number of thioether (sulfide) groups is 1. The molecule has 1 aliphatic rings. The van der Waals surface area contributed by atoms with Crippen LogP contribution in [0.15, 0.2) is 5.16 Å². The number of H-pyrrole nitrogens is 1. The molecule has 0 radical (unpaired) electrons. The van der Waals surface area contributed by atoms with Crippen LogP contribution in [0.1, 0.15) is 12.2 Å². The van der Waals surface area contributed by atoms with Gasteiger partial charge in [-0.25, -0.2) is 4.98 Å². The van der Waals surface area contributed by atoms with Crippen molar-refractivity contribution in [3.05, 3.63) is 5.82 Å². The first-order valence-electron chi connectivity index (χ1n) is 5.56. The van der Waals surface area contributed by atoms with Gasteiger partial charge in [-0.05, 0) is 20.4 Å². The van der Waals surface area contributed by atoms with Gasteiger partial charge in [0.15, 0.2) is 0 Å². The highest BCUT2D eigenvalue weighted by Gasteiger charge is 2.24. The molecule has 2 heterocycles. The van der Waals surface area contributed by atoms with Gasteiger partial charge in [0, 0.05) is 24.3 Å². The lowest BCUT2D eigenvalue weighted by Gasteiger charge is -2.20. The molecular weight excluding hydrogens is 224 g/mol. The second-order valence-corrected chi connectivity index (χ2v) is 5.02. The van der Waals surface area contributed by atoms with Gasteiger partial charge in [-0.15, -0.1) is 5.10 Å². The second-order valence-electron chi connectivity index (χ2n) is 4.03. The van der Waals surface area contributed by atoms with Crippen molar-refractivity contribution >= 4 is 11.8 Å². The van der Waals surface area contributed by atoms with Crippen LogP contribution < -0.4 is 5.32 Å². The summed E-state index contributed by atoms with van der Waals surface area (Å²) in [7, 11) is 2.01. The third-order valence-electron chi connectivity index (χ3n) is 2.87. The summed E-state index contributed by atoms with van der Waals surface area (Å²) in [5.74, 6) is 2.48. The van der Waals surface area contributed by atoms with Gasteiger partial charge in [-0.3, -0.25) is 5.10 Å². The number of aryl methyl sites for hydroxylation is 1. The van der Waals surface area contributed by atoms with Crippen molar-refractivity contribution in [2.45, 2.75) is 24.5 Å². The molecule has 16 heavy (non-hydrogen) atoms. The standard InChI is InChI=1S/C10H18N4OS/c1-7-12-10(14-13-7)16-6-9(11-2)8-3-4-15-5-8/h8-9,11H,3-6H2,1-2H3,(H,12,13,14). The van der Waals surface area contributed by atoms with Crippen molar-refractivity contribution in [3.63, 3.8) is 0 Å². The van der Waals surface area contributed by atoms with Gasteiger partial charge in [0.05, 0.1) is 6.61 Å². The van der Waals surface area contributed by atoms with Crippen molar-refractivity contribution in [1.82, 2.24) is 20.5 Å². The summed E-state index contributed by atoms with van der Waals surface area (Å²) in [5.41, 5.74) is 0. The molecule has 1 aromatic rings. The molecule has 0 aromatic carbocycles. The molecule has 0 bridgehead atoms. The lowest BCUT2D eigenvalue weighted by molar-refractivity contribution is 0.179. The Kier molecular flexibility index (Phi) is 4.20. The van der Waals surface area contributed by atoms with E-state index >= 15 is 0 Å². The first-order chi connectivity index (χ1) is 7.79. The lowest BCUT2D eigenvalue weighted by Crippen LogP contribution is -2.36. The molecule has 2 N–H and O–H groups in total. The zero-order valence-corrected chi connectivity index (χ0v) is 10.5. The highest BCUT2D eigenvalue weighted by Crippen LogP contribution is 2.22. The van der Waals surface area contributed by atoms with Gasteiger partial charge in [-0.1, -0.05) is 11.8 Å². The average molecular weight is 242 g/mol. The predicted molar refractivity (Wildman–Crippen MR) is 63.6 cm³/mol. The number of ether oxygens (including phenoxy) is 1. The molecule has 0 amide bonds. The van der Waals surface area contributed by atoms with Crippen LogP contribution in [-0.4, -0.2) is 47.2 Å². The molecule has 0 spiro atoms. The number of nitrogens with one attached hydrogen (secondary N) is 2. The van der Waals surface area contributed by atoms with Crippen LogP contribution in [0.2, 0.25) is 0 Å². The molecule has 1 fully saturated rings. The van der Waals surface area contributed by atoms with E-state index in [0.717, 1.165) is 36.4 Å². The summed E-state index contributed by atoms with van der Waals surface area (Å²) in [4.78, 5) is 4.28. The molecule has 1 aliphatic heterocycles. The van der Waals surface area contributed by atoms with Crippen LogP contribution in [0.5, 0.6) is 0 Å². The summed E-state index contributed by atoms with van der Waals surface area (Å²) >= 11 is 1.69. The van der Waals surface area contributed by atoms with Gasteiger partial charge < -0.3 is 10.1 Å². The van der Waals surface area contributed by atoms with E-state index in [9.17, 15) is 0 Å². The van der Waals surface area contributed by atoms with E-state index in [1.54, 1.807) is 11.8 Å². The smallest absolute Gasteiger partial charge is 0.208 e. The van der Waals surface area contributed by atoms with Crippen LogP contribution in [0.3, 0.4) is 0 Å². The van der Waals surface area contributed by atoms with Crippen LogP contribution in [0, 0.1) is 12.8 Å². The van der Waals surface area contributed by atoms with Crippen LogP contribution >= 0.6 is 11.8 Å². The molecule has 5 nitrogen and oxygen atoms in total. The summed E-state index contributed by atoms with van der Waals surface area (Å²) < 4.78 is 5.41. The third-order valence-corrected chi connectivity index (χ3v) is 3.84. The molecule has 2 atom stereocenters. The summed E-state index contributed by atoms with van der Waals surface area (Å²) in [6.07, 6.45) is 1.15. The Morgan fingerprint density at radius 2 is 2.56 bits per heavy atom. The molecule has 1 aromatic heterocycles. The van der Waals surface area contributed by atoms with E-state index in [2.05, 4.69) is 20.5 Å². The maximum absolute atomic E-state index is 5.41. The number of rotatable bonds is 5. The minimum Gasteiger partial charge on any atom is -0.381 e. The van der Waals surface area contributed by atoms with Crippen molar-refractivity contribution in [3.8, 4) is 0 Å². The molecule has 1 saturated heterocycles. The highest BCUT2D eigenvalue weighted by molar-refractivity contribution is 7.99. The Hall–Kier alpha value is -0.590. The van der Waals surface area contributed by atoms with Crippen molar-refractivity contribution in [2.24, 2.45) is 5.92 Å². The Bertz CT molecular complexity index is 324. The minimum atomic E-state index is 0.478. The molecule has 2 rings (SSSR count). The maximum Gasteiger partial charge on any atom is 0.208 e. The van der Waals surface area contributed by atoms with Gasteiger partial charge >= 0.3 is 0 Å².